The predicted octanol–water partition coefficient (Wildman–Crippen LogP) is 5.31. The Hall–Kier alpha value is -3.70. The van der Waals surface area contributed by atoms with Crippen LogP contribution in [-0.4, -0.2) is 42.1 Å². The van der Waals surface area contributed by atoms with Crippen LogP contribution in [0.4, 0.5) is 11.4 Å². The number of hydrogen-bond donors (Lipinski definition) is 1. The summed E-state index contributed by atoms with van der Waals surface area (Å²) in [5.74, 6) is 0.260. The third-order valence-corrected chi connectivity index (χ3v) is 6.11. The summed E-state index contributed by atoms with van der Waals surface area (Å²) in [7, 11) is 0. The maximum atomic E-state index is 13.6. The van der Waals surface area contributed by atoms with Crippen molar-refractivity contribution in [1.29, 1.82) is 0 Å². The topological polar surface area (TPSA) is 54.5 Å². The van der Waals surface area contributed by atoms with E-state index in [1.807, 2.05) is 71.9 Å². The number of nitrogens with zero attached hydrogens (tertiary/aromatic N) is 2. The number of hydrogen-bond acceptors (Lipinski definition) is 4. The van der Waals surface area contributed by atoms with Crippen LogP contribution in [0.25, 0.3) is 10.8 Å². The molecule has 0 saturated carbocycles. The number of carbonyl (C=O) groups excluding carboxylic acids is 1. The van der Waals surface area contributed by atoms with Gasteiger partial charge in [0.15, 0.2) is 0 Å². The molecule has 3 aromatic carbocycles. The fourth-order valence-electron chi connectivity index (χ4n) is 4.49. The lowest BCUT2D eigenvalue weighted by atomic mass is 9.95. The predicted molar refractivity (Wildman–Crippen MR) is 132 cm³/mol. The zero-order valence-electron chi connectivity index (χ0n) is 18.5. The van der Waals surface area contributed by atoms with Crippen LogP contribution in [0.3, 0.4) is 0 Å². The number of para-hydroxylation sites is 2. The summed E-state index contributed by atoms with van der Waals surface area (Å²) in [4.78, 5) is 19.8. The van der Waals surface area contributed by atoms with Crippen LogP contribution in [-0.2, 0) is 11.2 Å². The first kappa shape index (κ1) is 21.2. The van der Waals surface area contributed by atoms with Crippen molar-refractivity contribution in [2.24, 2.45) is 5.92 Å². The van der Waals surface area contributed by atoms with Gasteiger partial charge in [-0.3, -0.25) is 9.78 Å². The Morgan fingerprint density at radius 3 is 2.76 bits per heavy atom. The highest BCUT2D eigenvalue weighted by Gasteiger charge is 2.25. The van der Waals surface area contributed by atoms with Crippen LogP contribution in [0.15, 0.2) is 91.3 Å². The summed E-state index contributed by atoms with van der Waals surface area (Å²) in [6, 6.07) is 26.0. The second-order valence-corrected chi connectivity index (χ2v) is 8.45. The minimum absolute atomic E-state index is 0.0339. The Bertz CT molecular complexity index is 1240. The Kier molecular flexibility index (Phi) is 6.31. The standard InChI is InChI=1S/C28H27N3O2/c32-28(26-11-4-5-12-27(26)30-24-9-2-1-3-10-24)31-15-16-33-20-21(19-31)17-22-7-6-8-23-18-29-14-13-25(22)23/h1-14,18,21,30H,15-17,19-20H2. The van der Waals surface area contributed by atoms with E-state index >= 15 is 0 Å². The molecule has 0 aliphatic carbocycles. The molecular formula is C28H27N3O2. The molecule has 5 rings (SSSR count). The lowest BCUT2D eigenvalue weighted by Gasteiger charge is -2.25. The Balaban J connectivity index is 1.36. The Labute approximate surface area is 194 Å². The molecule has 1 amide bonds. The van der Waals surface area contributed by atoms with Crippen molar-refractivity contribution in [2.45, 2.75) is 6.42 Å². The summed E-state index contributed by atoms with van der Waals surface area (Å²) in [5.41, 5.74) is 3.72. The number of benzene rings is 3. The van der Waals surface area contributed by atoms with Crippen molar-refractivity contribution in [3.05, 3.63) is 102 Å². The number of ether oxygens (including phenoxy) is 1. The summed E-state index contributed by atoms with van der Waals surface area (Å²) in [5, 5.41) is 5.75. The van der Waals surface area contributed by atoms with Gasteiger partial charge in [0.25, 0.3) is 5.91 Å². The highest BCUT2D eigenvalue weighted by molar-refractivity contribution is 6.00. The van der Waals surface area contributed by atoms with Gasteiger partial charge in [0.05, 0.1) is 24.5 Å². The van der Waals surface area contributed by atoms with E-state index in [0.717, 1.165) is 23.2 Å². The van der Waals surface area contributed by atoms with Gasteiger partial charge in [-0.15, -0.1) is 0 Å². The lowest BCUT2D eigenvalue weighted by molar-refractivity contribution is 0.0738. The van der Waals surface area contributed by atoms with Crippen LogP contribution in [0.2, 0.25) is 0 Å². The van der Waals surface area contributed by atoms with E-state index in [9.17, 15) is 4.79 Å². The average molecular weight is 438 g/mol. The van der Waals surface area contributed by atoms with Crippen LogP contribution in [0, 0.1) is 5.92 Å². The first-order valence-electron chi connectivity index (χ1n) is 11.4. The summed E-state index contributed by atoms with van der Waals surface area (Å²) in [6.07, 6.45) is 4.59. The summed E-state index contributed by atoms with van der Waals surface area (Å²) >= 11 is 0. The van der Waals surface area contributed by atoms with Crippen LogP contribution < -0.4 is 5.32 Å². The minimum Gasteiger partial charge on any atom is -0.379 e. The molecule has 4 aromatic rings. The lowest BCUT2D eigenvalue weighted by Crippen LogP contribution is -2.36. The molecule has 2 heterocycles. The number of pyridine rings is 1. The van der Waals surface area contributed by atoms with Gasteiger partial charge in [-0.2, -0.15) is 0 Å². The number of nitrogens with one attached hydrogen (secondary N) is 1. The second-order valence-electron chi connectivity index (χ2n) is 8.45. The number of fused-ring (bicyclic) bond motifs is 1. The summed E-state index contributed by atoms with van der Waals surface area (Å²) in [6.45, 7) is 2.46. The third-order valence-electron chi connectivity index (χ3n) is 6.11. The van der Waals surface area contributed by atoms with E-state index in [1.165, 1.54) is 10.9 Å². The van der Waals surface area contributed by atoms with E-state index in [0.29, 0.717) is 31.9 Å². The smallest absolute Gasteiger partial charge is 0.256 e. The molecule has 1 aliphatic rings. The maximum absolute atomic E-state index is 13.6. The molecule has 1 aliphatic heterocycles. The van der Waals surface area contributed by atoms with Gasteiger partial charge in [0, 0.05) is 42.5 Å². The van der Waals surface area contributed by atoms with Gasteiger partial charge < -0.3 is 15.0 Å². The van der Waals surface area contributed by atoms with Gasteiger partial charge in [-0.1, -0.05) is 48.5 Å². The molecule has 166 valence electrons. The van der Waals surface area contributed by atoms with Crippen LogP contribution in [0.1, 0.15) is 15.9 Å². The number of amides is 1. The van der Waals surface area contributed by atoms with E-state index < -0.39 is 0 Å². The van der Waals surface area contributed by atoms with Gasteiger partial charge in [-0.05, 0) is 47.7 Å². The fourth-order valence-corrected chi connectivity index (χ4v) is 4.49. The largest absolute Gasteiger partial charge is 0.379 e. The molecule has 5 heteroatoms. The van der Waals surface area contributed by atoms with Gasteiger partial charge >= 0.3 is 0 Å². The molecule has 1 atom stereocenters. The van der Waals surface area contributed by atoms with E-state index in [4.69, 9.17) is 4.74 Å². The number of anilines is 2. The molecule has 1 unspecified atom stereocenters. The molecule has 1 saturated heterocycles. The quantitative estimate of drug-likeness (QED) is 0.460. The minimum atomic E-state index is 0.0339. The molecule has 33 heavy (non-hydrogen) atoms. The number of carbonyl (C=O) groups is 1. The fraction of sp³-hybridized carbons (Fsp3) is 0.214. The molecule has 1 fully saturated rings. The summed E-state index contributed by atoms with van der Waals surface area (Å²) < 4.78 is 5.91. The van der Waals surface area contributed by atoms with Crippen LogP contribution >= 0.6 is 0 Å². The monoisotopic (exact) mass is 437 g/mol. The van der Waals surface area contributed by atoms with Gasteiger partial charge in [0.2, 0.25) is 0 Å². The molecule has 5 nitrogen and oxygen atoms in total. The number of aromatic nitrogens is 1. The van der Waals surface area contributed by atoms with E-state index in [-0.39, 0.29) is 11.8 Å². The van der Waals surface area contributed by atoms with Gasteiger partial charge in [-0.25, -0.2) is 0 Å². The van der Waals surface area contributed by atoms with Crippen molar-refractivity contribution in [3.63, 3.8) is 0 Å². The maximum Gasteiger partial charge on any atom is 0.256 e. The Morgan fingerprint density at radius 2 is 1.85 bits per heavy atom. The van der Waals surface area contributed by atoms with E-state index in [1.54, 1.807) is 0 Å². The highest BCUT2D eigenvalue weighted by Crippen LogP contribution is 2.25. The van der Waals surface area contributed by atoms with Crippen molar-refractivity contribution in [3.8, 4) is 0 Å². The molecule has 0 spiro atoms. The molecule has 0 bridgehead atoms. The highest BCUT2D eigenvalue weighted by atomic mass is 16.5. The molecule has 1 aromatic heterocycles. The van der Waals surface area contributed by atoms with Crippen molar-refractivity contribution in [1.82, 2.24) is 9.88 Å². The Morgan fingerprint density at radius 1 is 1.00 bits per heavy atom. The van der Waals surface area contributed by atoms with Crippen molar-refractivity contribution >= 4 is 28.1 Å². The van der Waals surface area contributed by atoms with Crippen LogP contribution in [0.5, 0.6) is 0 Å². The van der Waals surface area contributed by atoms with Crippen molar-refractivity contribution < 1.29 is 9.53 Å². The zero-order valence-corrected chi connectivity index (χ0v) is 18.5. The normalized spacial score (nSPS) is 16.4. The average Bonchev–Trinajstić information content (AvgIpc) is 3.10. The number of rotatable bonds is 5. The first-order valence-corrected chi connectivity index (χ1v) is 11.4. The third kappa shape index (κ3) is 4.89. The van der Waals surface area contributed by atoms with Crippen molar-refractivity contribution in [2.75, 3.05) is 31.6 Å². The SMILES string of the molecule is O=C(c1ccccc1Nc1ccccc1)N1CCOCC(Cc2cccc3cnccc23)C1. The zero-order chi connectivity index (χ0) is 22.5. The second kappa shape index (κ2) is 9.84. The molecule has 0 radical (unpaired) electrons. The molecular weight excluding hydrogens is 410 g/mol. The van der Waals surface area contributed by atoms with E-state index in [2.05, 4.69) is 34.6 Å². The first-order chi connectivity index (χ1) is 16.3. The molecule has 1 N–H and O–H groups in total. The van der Waals surface area contributed by atoms with Gasteiger partial charge in [0.1, 0.15) is 0 Å².